The molecule has 28 heavy (non-hydrogen) atoms. The van der Waals surface area contributed by atoms with Crippen molar-refractivity contribution in [3.8, 4) is 5.75 Å². The van der Waals surface area contributed by atoms with Gasteiger partial charge in [-0.2, -0.15) is 26.3 Å². The summed E-state index contributed by atoms with van der Waals surface area (Å²) in [6, 6.07) is 6.21. The van der Waals surface area contributed by atoms with E-state index < -0.39 is 41.0 Å². The zero-order valence-corrected chi connectivity index (χ0v) is 14.0. The number of carbonyl (C=O) groups is 2. The molecule has 2 aromatic carbocycles. The van der Waals surface area contributed by atoms with E-state index in [0.29, 0.717) is 17.9 Å². The number of hydrogen-bond acceptors (Lipinski definition) is 3. The molecular formula is C17H12F6N2O3. The first-order chi connectivity index (χ1) is 12.9. The number of ether oxygens (including phenoxy) is 1. The molecule has 0 aliphatic rings. The fourth-order valence-electron chi connectivity index (χ4n) is 2.08. The number of benzene rings is 2. The molecule has 2 aromatic rings. The zero-order chi connectivity index (χ0) is 21.1. The quantitative estimate of drug-likeness (QED) is 0.590. The van der Waals surface area contributed by atoms with Gasteiger partial charge >= 0.3 is 24.2 Å². The Hall–Kier alpha value is -3.24. The lowest BCUT2D eigenvalue weighted by atomic mass is 10.1. The highest BCUT2D eigenvalue weighted by atomic mass is 19.4. The van der Waals surface area contributed by atoms with Crippen molar-refractivity contribution in [2.24, 2.45) is 0 Å². The SMILES string of the molecule is COc1ccc(NC(=O)C(=O)Nc2cc(C(F)(F)F)cc(C(F)(F)F)c2)cc1. The van der Waals surface area contributed by atoms with E-state index in [4.69, 9.17) is 4.74 Å². The first-order valence-electron chi connectivity index (χ1n) is 7.46. The monoisotopic (exact) mass is 406 g/mol. The largest absolute Gasteiger partial charge is 0.497 e. The van der Waals surface area contributed by atoms with E-state index in [1.54, 1.807) is 5.32 Å². The third kappa shape index (κ3) is 5.38. The van der Waals surface area contributed by atoms with Crippen molar-refractivity contribution < 1.29 is 40.7 Å². The standard InChI is InChI=1S/C17H12F6N2O3/c1-28-13-4-2-11(3-5-13)24-14(26)15(27)25-12-7-9(16(18,19)20)6-10(8-12)17(21,22)23/h2-8H,1H3,(H,24,26)(H,25,27). The summed E-state index contributed by atoms with van der Waals surface area (Å²) in [5.41, 5.74) is -3.89. The van der Waals surface area contributed by atoms with Gasteiger partial charge in [-0.3, -0.25) is 9.59 Å². The maximum atomic E-state index is 12.8. The molecule has 0 aliphatic heterocycles. The van der Waals surface area contributed by atoms with Crippen LogP contribution in [-0.4, -0.2) is 18.9 Å². The van der Waals surface area contributed by atoms with Crippen LogP contribution in [0.2, 0.25) is 0 Å². The van der Waals surface area contributed by atoms with E-state index in [9.17, 15) is 35.9 Å². The summed E-state index contributed by atoms with van der Waals surface area (Å²) in [7, 11) is 1.41. The van der Waals surface area contributed by atoms with Crippen molar-refractivity contribution in [2.75, 3.05) is 17.7 Å². The van der Waals surface area contributed by atoms with E-state index >= 15 is 0 Å². The smallest absolute Gasteiger partial charge is 0.416 e. The lowest BCUT2D eigenvalue weighted by molar-refractivity contribution is -0.143. The number of carbonyl (C=O) groups excluding carboxylic acids is 2. The van der Waals surface area contributed by atoms with Gasteiger partial charge in [0.25, 0.3) is 0 Å². The molecule has 0 radical (unpaired) electrons. The third-order valence-electron chi connectivity index (χ3n) is 3.40. The average molecular weight is 406 g/mol. The molecule has 0 aromatic heterocycles. The number of halogens is 6. The topological polar surface area (TPSA) is 67.4 Å². The number of anilines is 2. The number of amides is 2. The number of nitrogens with one attached hydrogen (secondary N) is 2. The molecule has 0 bridgehead atoms. The van der Waals surface area contributed by atoms with Gasteiger partial charge in [0.1, 0.15) is 5.75 Å². The maximum absolute atomic E-state index is 12.8. The first-order valence-corrected chi connectivity index (χ1v) is 7.46. The molecule has 2 amide bonds. The highest BCUT2D eigenvalue weighted by Crippen LogP contribution is 2.37. The molecule has 2 N–H and O–H groups in total. The van der Waals surface area contributed by atoms with Crippen molar-refractivity contribution in [1.82, 2.24) is 0 Å². The molecule has 0 fully saturated rings. The Labute approximate surface area is 154 Å². The van der Waals surface area contributed by atoms with E-state index in [1.807, 2.05) is 0 Å². The van der Waals surface area contributed by atoms with Gasteiger partial charge in [0, 0.05) is 11.4 Å². The number of alkyl halides is 6. The van der Waals surface area contributed by atoms with Crippen LogP contribution >= 0.6 is 0 Å². The van der Waals surface area contributed by atoms with E-state index in [-0.39, 0.29) is 11.8 Å². The van der Waals surface area contributed by atoms with Gasteiger partial charge < -0.3 is 15.4 Å². The Morgan fingerprint density at radius 2 is 1.18 bits per heavy atom. The predicted octanol–water partition coefficient (Wildman–Crippen LogP) is 4.31. The van der Waals surface area contributed by atoms with Crippen LogP contribution in [0, 0.1) is 0 Å². The summed E-state index contributed by atoms with van der Waals surface area (Å²) >= 11 is 0. The van der Waals surface area contributed by atoms with Crippen molar-refractivity contribution in [3.63, 3.8) is 0 Å². The van der Waals surface area contributed by atoms with E-state index in [0.717, 1.165) is 0 Å². The molecule has 0 aliphatic carbocycles. The molecule has 0 unspecified atom stereocenters. The minimum atomic E-state index is -5.08. The van der Waals surface area contributed by atoms with Gasteiger partial charge in [-0.25, -0.2) is 0 Å². The van der Waals surface area contributed by atoms with Crippen LogP contribution in [0.1, 0.15) is 11.1 Å². The van der Waals surface area contributed by atoms with Crippen LogP contribution in [0.4, 0.5) is 37.7 Å². The van der Waals surface area contributed by atoms with Gasteiger partial charge in [-0.1, -0.05) is 0 Å². The summed E-state index contributed by atoms with van der Waals surface area (Å²) < 4.78 is 81.8. The third-order valence-corrected chi connectivity index (χ3v) is 3.40. The molecule has 150 valence electrons. The van der Waals surface area contributed by atoms with Crippen molar-refractivity contribution in [1.29, 1.82) is 0 Å². The Balaban J connectivity index is 2.20. The highest BCUT2D eigenvalue weighted by molar-refractivity contribution is 6.43. The predicted molar refractivity (Wildman–Crippen MR) is 86.7 cm³/mol. The van der Waals surface area contributed by atoms with Gasteiger partial charge in [0.05, 0.1) is 18.2 Å². The Morgan fingerprint density at radius 1 is 0.750 bits per heavy atom. The summed E-state index contributed by atoms with van der Waals surface area (Å²) in [4.78, 5) is 23.7. The summed E-state index contributed by atoms with van der Waals surface area (Å²) in [6.07, 6.45) is -10.2. The van der Waals surface area contributed by atoms with Crippen molar-refractivity contribution in [2.45, 2.75) is 12.4 Å². The Bertz CT molecular complexity index is 844. The van der Waals surface area contributed by atoms with Gasteiger partial charge in [0.15, 0.2) is 0 Å². The maximum Gasteiger partial charge on any atom is 0.416 e. The normalized spacial score (nSPS) is 11.7. The lowest BCUT2D eigenvalue weighted by Gasteiger charge is -2.14. The molecule has 0 saturated heterocycles. The van der Waals surface area contributed by atoms with Crippen LogP contribution in [0.5, 0.6) is 5.75 Å². The Morgan fingerprint density at radius 3 is 1.57 bits per heavy atom. The van der Waals surface area contributed by atoms with Crippen LogP contribution in [-0.2, 0) is 21.9 Å². The second-order valence-corrected chi connectivity index (χ2v) is 5.43. The van der Waals surface area contributed by atoms with Crippen LogP contribution in [0.15, 0.2) is 42.5 Å². The minimum absolute atomic E-state index is 0.0902. The van der Waals surface area contributed by atoms with Crippen LogP contribution in [0.3, 0.4) is 0 Å². The Kier molecular flexibility index (Phi) is 5.86. The first kappa shape index (κ1) is 21.1. The van der Waals surface area contributed by atoms with Crippen LogP contribution < -0.4 is 15.4 Å². The second-order valence-electron chi connectivity index (χ2n) is 5.43. The van der Waals surface area contributed by atoms with E-state index in [1.165, 1.54) is 31.4 Å². The van der Waals surface area contributed by atoms with Crippen molar-refractivity contribution >= 4 is 23.2 Å². The molecule has 0 atom stereocenters. The molecule has 0 heterocycles. The molecule has 0 spiro atoms. The van der Waals surface area contributed by atoms with E-state index in [2.05, 4.69) is 5.32 Å². The van der Waals surface area contributed by atoms with Gasteiger partial charge in [0.2, 0.25) is 0 Å². The van der Waals surface area contributed by atoms with Gasteiger partial charge in [-0.05, 0) is 42.5 Å². The summed E-state index contributed by atoms with van der Waals surface area (Å²) in [5.74, 6) is -2.26. The molecular weight excluding hydrogens is 394 g/mol. The van der Waals surface area contributed by atoms with Crippen LogP contribution in [0.25, 0.3) is 0 Å². The second kappa shape index (κ2) is 7.79. The molecule has 0 saturated carbocycles. The lowest BCUT2D eigenvalue weighted by Crippen LogP contribution is -2.29. The number of hydrogen-bond donors (Lipinski definition) is 2. The molecule has 2 rings (SSSR count). The summed E-state index contributed by atoms with van der Waals surface area (Å²) in [5, 5.41) is 3.89. The molecule has 5 nitrogen and oxygen atoms in total. The van der Waals surface area contributed by atoms with Crippen molar-refractivity contribution in [3.05, 3.63) is 53.6 Å². The highest BCUT2D eigenvalue weighted by Gasteiger charge is 2.37. The fraction of sp³-hybridized carbons (Fsp3) is 0.176. The molecule has 11 heteroatoms. The summed E-state index contributed by atoms with van der Waals surface area (Å²) in [6.45, 7) is 0. The van der Waals surface area contributed by atoms with Gasteiger partial charge in [-0.15, -0.1) is 0 Å². The fourth-order valence-corrected chi connectivity index (χ4v) is 2.08. The minimum Gasteiger partial charge on any atom is -0.497 e. The zero-order valence-electron chi connectivity index (χ0n) is 14.0. The number of methoxy groups -OCH3 is 1. The average Bonchev–Trinajstić information content (AvgIpc) is 2.60. The number of rotatable bonds is 3.